The molecular weight excluding hydrogens is 472 g/mol. The van der Waals surface area contributed by atoms with Gasteiger partial charge in [0.15, 0.2) is 17.3 Å². The van der Waals surface area contributed by atoms with Crippen LogP contribution in [0.5, 0.6) is 5.75 Å². The Morgan fingerprint density at radius 1 is 1.34 bits per heavy atom. The number of rotatable bonds is 11. The predicted molar refractivity (Wildman–Crippen MR) is 136 cm³/mol. The molecule has 2 aromatic rings. The van der Waals surface area contributed by atoms with E-state index >= 15 is 0 Å². The minimum absolute atomic E-state index is 0.0629. The smallest absolute Gasteiger partial charge is 0.273 e. The van der Waals surface area contributed by atoms with E-state index < -0.39 is 23.7 Å². The number of amides is 2. The Bertz CT molecular complexity index is 1280. The molecular formula is C22H28N8O4S. The average Bonchev–Trinajstić information content (AvgIpc) is 3.68. The molecule has 1 unspecified atom stereocenters. The highest BCUT2D eigenvalue weighted by Crippen LogP contribution is 2.33. The summed E-state index contributed by atoms with van der Waals surface area (Å²) in [5.74, 6) is -0.499. The highest BCUT2D eigenvalue weighted by atomic mass is 32.2. The van der Waals surface area contributed by atoms with E-state index in [0.29, 0.717) is 23.5 Å². The molecule has 1 aromatic heterocycles. The maximum absolute atomic E-state index is 12.7. The molecule has 0 radical (unpaired) electrons. The molecule has 13 heteroatoms. The summed E-state index contributed by atoms with van der Waals surface area (Å²) < 4.78 is 38.7. The lowest BCUT2D eigenvalue weighted by atomic mass is 10.1. The molecule has 2 amide bonds. The minimum Gasteiger partial charge on any atom is -0.494 e. The largest absolute Gasteiger partial charge is 0.494 e. The van der Waals surface area contributed by atoms with E-state index in [4.69, 9.17) is 14.6 Å². The van der Waals surface area contributed by atoms with Crippen LogP contribution in [0.25, 0.3) is 0 Å². The van der Waals surface area contributed by atoms with Crippen molar-refractivity contribution in [2.45, 2.75) is 12.8 Å². The van der Waals surface area contributed by atoms with Crippen molar-refractivity contribution in [1.82, 2.24) is 15.5 Å². The Morgan fingerprint density at radius 2 is 2.14 bits per heavy atom. The number of carbonyl (C=O) groups excluding carboxylic acids is 2. The number of para-hydroxylation sites is 1. The molecule has 0 aliphatic heterocycles. The molecule has 3 rings (SSSR count). The zero-order valence-electron chi connectivity index (χ0n) is 22.2. The van der Waals surface area contributed by atoms with E-state index in [9.17, 15) is 13.8 Å². The van der Waals surface area contributed by atoms with Gasteiger partial charge in [0, 0.05) is 45.9 Å². The Labute approximate surface area is 209 Å². The molecule has 1 fully saturated rings. The van der Waals surface area contributed by atoms with Crippen LogP contribution in [0.15, 0.2) is 34.3 Å². The Morgan fingerprint density at radius 3 is 2.83 bits per heavy atom. The van der Waals surface area contributed by atoms with Gasteiger partial charge in [-0.05, 0) is 25.0 Å². The van der Waals surface area contributed by atoms with Gasteiger partial charge in [-0.25, -0.2) is 4.99 Å². The molecule has 186 valence electrons. The van der Waals surface area contributed by atoms with E-state index in [1.807, 2.05) is 5.32 Å². The van der Waals surface area contributed by atoms with Crippen molar-refractivity contribution in [3.05, 3.63) is 35.5 Å². The van der Waals surface area contributed by atoms with Crippen LogP contribution in [0, 0.1) is 5.92 Å². The van der Waals surface area contributed by atoms with Gasteiger partial charge in [0.25, 0.3) is 5.91 Å². The van der Waals surface area contributed by atoms with Crippen LogP contribution in [0.4, 0.5) is 17.2 Å². The predicted octanol–water partition coefficient (Wildman–Crippen LogP) is 1.05. The lowest BCUT2D eigenvalue weighted by molar-refractivity contribution is -0.117. The summed E-state index contributed by atoms with van der Waals surface area (Å²) in [6.45, 7) is -2.43. The zero-order valence-corrected chi connectivity index (χ0v) is 20.0. The van der Waals surface area contributed by atoms with Crippen LogP contribution in [0.3, 0.4) is 0 Å². The number of hydrogen-bond donors (Lipinski definition) is 4. The van der Waals surface area contributed by atoms with Gasteiger partial charge in [-0.2, -0.15) is 0 Å². The van der Waals surface area contributed by atoms with Crippen LogP contribution in [-0.2, 0) is 15.6 Å². The molecule has 0 saturated heterocycles. The molecule has 1 aromatic carbocycles. The summed E-state index contributed by atoms with van der Waals surface area (Å²) in [4.78, 5) is 33.0. The number of amidine groups is 1. The molecule has 1 atom stereocenters. The van der Waals surface area contributed by atoms with Crippen molar-refractivity contribution in [2.75, 3.05) is 43.3 Å². The van der Waals surface area contributed by atoms with Crippen molar-refractivity contribution in [3.8, 4) is 5.75 Å². The number of methoxy groups -OCH3 is 1. The van der Waals surface area contributed by atoms with Crippen LogP contribution in [0.1, 0.15) is 33.0 Å². The number of carbonyl (C=O) groups is 2. The van der Waals surface area contributed by atoms with E-state index in [-0.39, 0.29) is 40.6 Å². The number of aromatic nitrogens is 2. The number of anilines is 3. The molecule has 5 N–H and O–H groups in total. The normalized spacial score (nSPS) is 16.1. The summed E-state index contributed by atoms with van der Waals surface area (Å²) in [5.41, 5.74) is 6.62. The van der Waals surface area contributed by atoms with E-state index in [1.165, 1.54) is 19.5 Å². The molecule has 0 bridgehead atoms. The van der Waals surface area contributed by atoms with E-state index in [2.05, 4.69) is 30.8 Å². The molecule has 35 heavy (non-hydrogen) atoms. The van der Waals surface area contributed by atoms with Crippen LogP contribution >= 0.6 is 0 Å². The van der Waals surface area contributed by atoms with Crippen molar-refractivity contribution >= 4 is 52.0 Å². The van der Waals surface area contributed by atoms with Gasteiger partial charge >= 0.3 is 0 Å². The Hall–Kier alpha value is -3.87. The number of aliphatic imine (C=N–C) groups is 2. The lowest BCUT2D eigenvalue weighted by Crippen LogP contribution is -2.22. The maximum Gasteiger partial charge on any atom is 0.273 e. The van der Waals surface area contributed by atoms with Gasteiger partial charge in [-0.3, -0.25) is 18.8 Å². The summed E-state index contributed by atoms with van der Waals surface area (Å²) in [7, 11) is 0.439. The van der Waals surface area contributed by atoms with Gasteiger partial charge in [-0.15, -0.1) is 10.2 Å². The summed E-state index contributed by atoms with van der Waals surface area (Å²) in [6, 6.07) is 6.32. The lowest BCUT2D eigenvalue weighted by Gasteiger charge is -2.16. The Kier molecular flexibility index (Phi) is 7.43. The number of benzene rings is 1. The fraction of sp³-hybridized carbons (Fsp3) is 0.364. The molecule has 1 aliphatic rings. The molecule has 0 spiro atoms. The van der Waals surface area contributed by atoms with Gasteiger partial charge in [-0.1, -0.05) is 6.07 Å². The van der Waals surface area contributed by atoms with Crippen LogP contribution in [-0.4, -0.2) is 71.0 Å². The minimum atomic E-state index is -2.76. The van der Waals surface area contributed by atoms with Gasteiger partial charge in [0.2, 0.25) is 5.91 Å². The summed E-state index contributed by atoms with van der Waals surface area (Å²) in [5, 5.41) is 15.2. The average molecular weight is 504 g/mol. The number of ether oxygens (including phenoxy) is 1. The van der Waals surface area contributed by atoms with E-state index in [1.54, 1.807) is 24.5 Å². The SMILES string of the molecule is [2H]C([2H])([2H])NC(=O)c1nnc(NC(=O)C2CC2)cc1Nc1cccc(C(N)=NC=NCCS(C)=O)c1OC. The fourth-order valence-electron chi connectivity index (χ4n) is 2.96. The second kappa shape index (κ2) is 12.0. The van der Waals surface area contributed by atoms with Crippen molar-refractivity contribution in [3.63, 3.8) is 0 Å². The van der Waals surface area contributed by atoms with Crippen LogP contribution < -0.4 is 26.4 Å². The number of nitrogens with two attached hydrogens (primary N) is 1. The number of nitrogens with one attached hydrogen (secondary N) is 3. The molecule has 1 heterocycles. The monoisotopic (exact) mass is 503 g/mol. The van der Waals surface area contributed by atoms with Crippen LogP contribution in [0.2, 0.25) is 0 Å². The third-order valence-electron chi connectivity index (χ3n) is 4.87. The number of nitrogens with zero attached hydrogens (tertiary/aromatic N) is 4. The highest BCUT2D eigenvalue weighted by molar-refractivity contribution is 7.84. The quantitative estimate of drug-likeness (QED) is 0.260. The first-order valence-electron chi connectivity index (χ1n) is 12.1. The van der Waals surface area contributed by atoms with E-state index in [0.717, 1.165) is 12.8 Å². The Balaban J connectivity index is 1.94. The maximum atomic E-state index is 12.7. The van der Waals surface area contributed by atoms with Crippen molar-refractivity contribution in [1.29, 1.82) is 0 Å². The summed E-state index contributed by atoms with van der Waals surface area (Å²) >= 11 is 0. The van der Waals surface area contributed by atoms with Gasteiger partial charge in [0.05, 0.1) is 30.6 Å². The number of hydrogen-bond acceptors (Lipinski definition) is 8. The summed E-state index contributed by atoms with van der Waals surface area (Å²) in [6.07, 6.45) is 4.40. The third kappa shape index (κ3) is 7.06. The zero-order chi connectivity index (χ0) is 27.9. The second-order valence-corrected chi connectivity index (χ2v) is 9.09. The second-order valence-electron chi connectivity index (χ2n) is 7.53. The first-order valence-corrected chi connectivity index (χ1v) is 12.3. The first-order chi connectivity index (χ1) is 18.0. The van der Waals surface area contributed by atoms with Crippen molar-refractivity contribution in [2.24, 2.45) is 21.6 Å². The fourth-order valence-corrected chi connectivity index (χ4v) is 3.33. The topological polar surface area (TPSA) is 173 Å². The molecule has 1 saturated carbocycles. The molecule has 1 aliphatic carbocycles. The third-order valence-corrected chi connectivity index (χ3v) is 5.63. The van der Waals surface area contributed by atoms with Gasteiger partial charge in [0.1, 0.15) is 12.2 Å². The first kappa shape index (κ1) is 21.6. The van der Waals surface area contributed by atoms with Crippen molar-refractivity contribution < 1.29 is 22.6 Å². The molecule has 12 nitrogen and oxygen atoms in total. The van der Waals surface area contributed by atoms with Gasteiger partial charge < -0.3 is 26.4 Å². The standard InChI is InChI=1S/C22H28N8O4S/c1-24-22(32)18-16(11-17(29-30-18)28-21(31)13-7-8-13)27-15-6-4-5-14(19(15)34-2)20(23)26-12-25-9-10-35(3)33/h4-6,11-13H,7-10H2,1-3H3,(H,24,32)(H2,23,25,26)(H2,27,28,29,31)/i1D3. The highest BCUT2D eigenvalue weighted by Gasteiger charge is 2.30.